The molecule has 24 nitrogen and oxygen atoms in total. The minimum atomic E-state index is -1.10. The Morgan fingerprint density at radius 3 is 1.60 bits per heavy atom. The Morgan fingerprint density at radius 1 is 0.519 bits per heavy atom. The van der Waals surface area contributed by atoms with E-state index >= 15 is 0 Å². The smallest absolute Gasteiger partial charge is 0.413 e. The van der Waals surface area contributed by atoms with Crippen LogP contribution in [0.3, 0.4) is 0 Å². The second-order valence-electron chi connectivity index (χ2n) is 20.6. The SMILES string of the molecule is CCN(C(=O)OCOC(=O)C1CCOCC1c1cc(CC(C)N(CC)C(=O)OC(C)OC(=O)C2COC2)cc2c1OCO2)C(C)Cc1cc2c(c(C3OCC3C(=O)OCOC(=O)N(CC)C(C)Cc3ccc4c(c3)OCO4)c1)OCO2. The molecule has 24 heteroatoms. The number of carbonyl (C=O) groups is 6. The molecular formula is C57H71N3O21. The maximum atomic E-state index is 13.9. The van der Waals surface area contributed by atoms with E-state index in [4.69, 9.17) is 71.1 Å². The van der Waals surface area contributed by atoms with Crippen LogP contribution in [0.1, 0.15) is 94.7 Å². The summed E-state index contributed by atoms with van der Waals surface area (Å²) in [5, 5.41) is 0. The van der Waals surface area contributed by atoms with Crippen LogP contribution in [-0.2, 0) is 76.3 Å². The predicted molar refractivity (Wildman–Crippen MR) is 279 cm³/mol. The number of rotatable bonds is 23. The summed E-state index contributed by atoms with van der Waals surface area (Å²) in [7, 11) is 0. The van der Waals surface area contributed by atoms with Gasteiger partial charge in [0.2, 0.25) is 40.3 Å². The molecule has 0 spiro atoms. The van der Waals surface area contributed by atoms with Crippen molar-refractivity contribution >= 4 is 36.2 Å². The monoisotopic (exact) mass is 1130 g/mol. The van der Waals surface area contributed by atoms with Gasteiger partial charge in [-0.15, -0.1) is 0 Å². The summed E-state index contributed by atoms with van der Waals surface area (Å²) in [5.41, 5.74) is 3.75. The maximum Gasteiger partial charge on any atom is 0.413 e. The van der Waals surface area contributed by atoms with E-state index in [1.54, 1.807) is 11.8 Å². The average molecular weight is 1130 g/mol. The zero-order valence-corrected chi connectivity index (χ0v) is 46.7. The number of carbonyl (C=O) groups excluding carboxylic acids is 6. The number of ether oxygens (including phenoxy) is 15. The maximum absolute atomic E-state index is 13.9. The number of esters is 3. The lowest BCUT2D eigenvalue weighted by Crippen LogP contribution is -2.43. The van der Waals surface area contributed by atoms with E-state index in [9.17, 15) is 28.8 Å². The highest BCUT2D eigenvalue weighted by molar-refractivity contribution is 5.77. The average Bonchev–Trinajstić information content (AvgIpc) is 4.45. The molecule has 0 bridgehead atoms. The summed E-state index contributed by atoms with van der Waals surface area (Å²) in [6, 6.07) is 12.0. The summed E-state index contributed by atoms with van der Waals surface area (Å²) in [5.74, 6) is -0.849. The first-order valence-corrected chi connectivity index (χ1v) is 27.5. The molecule has 3 amide bonds. The Kier molecular flexibility index (Phi) is 19.0. The molecule has 0 aromatic heterocycles. The molecule has 8 unspecified atom stereocenters. The molecule has 3 fully saturated rings. The normalized spacial score (nSPS) is 20.7. The van der Waals surface area contributed by atoms with E-state index in [2.05, 4.69) is 0 Å². The van der Waals surface area contributed by atoms with Gasteiger partial charge in [0.25, 0.3) is 0 Å². The molecule has 6 heterocycles. The predicted octanol–water partition coefficient (Wildman–Crippen LogP) is 6.79. The number of nitrogens with zero attached hydrogens (tertiary/aromatic N) is 3. The zero-order valence-electron chi connectivity index (χ0n) is 46.7. The number of fused-ring (bicyclic) bond motifs is 3. The highest BCUT2D eigenvalue weighted by Gasteiger charge is 2.44. The van der Waals surface area contributed by atoms with Crippen molar-refractivity contribution in [2.75, 3.05) is 86.6 Å². The highest BCUT2D eigenvalue weighted by atomic mass is 16.7. The second kappa shape index (κ2) is 26.4. The van der Waals surface area contributed by atoms with Crippen molar-refractivity contribution in [3.63, 3.8) is 0 Å². The number of likely N-dealkylation sites (N-methyl/N-ethyl adjacent to an activating group) is 3. The van der Waals surface area contributed by atoms with Gasteiger partial charge in [-0.3, -0.25) is 14.4 Å². The molecule has 0 radical (unpaired) electrons. The lowest BCUT2D eigenvalue weighted by atomic mass is 9.81. The van der Waals surface area contributed by atoms with Gasteiger partial charge >= 0.3 is 36.2 Å². The first kappa shape index (κ1) is 58.2. The Morgan fingerprint density at radius 2 is 1.04 bits per heavy atom. The van der Waals surface area contributed by atoms with Crippen LogP contribution in [0.25, 0.3) is 0 Å². The molecule has 0 N–H and O–H groups in total. The summed E-state index contributed by atoms with van der Waals surface area (Å²) in [4.78, 5) is 84.3. The van der Waals surface area contributed by atoms with Crippen molar-refractivity contribution in [3.8, 4) is 34.5 Å². The topological polar surface area (TPSA) is 251 Å². The molecule has 3 aromatic carbocycles. The standard InChI is InChI=1S/C57H71N3O21/c1-8-58(32(4)15-36-11-12-45-46(20-36)71-27-70-45)55(64)79-31-77-54(63)44-26-69-49(44)42-19-38(22-48-51(42)75-29-73-48)16-33(5)59(9-2)56(65)78-30-76-53(62)40-13-14-67-25-43(40)41-18-37(21-47-50(41)74-28-72-47)17-34(6)60(10-3)57(66)81-35(7)80-52(61)39-23-68-24-39/h11-12,18-22,32-35,39-40,43-44,49H,8-10,13-17,23-31H2,1-7H3. The zero-order chi connectivity index (χ0) is 57.3. The molecule has 9 rings (SSSR count). The Bertz CT molecular complexity index is 2770. The first-order chi connectivity index (χ1) is 39.1. The van der Waals surface area contributed by atoms with E-state index in [1.807, 2.05) is 77.1 Å². The van der Waals surface area contributed by atoms with Gasteiger partial charge in [0.15, 0.2) is 34.5 Å². The third-order valence-electron chi connectivity index (χ3n) is 15.3. The summed E-state index contributed by atoms with van der Waals surface area (Å²) in [6.45, 7) is 13.4. The molecule has 6 aliphatic rings. The van der Waals surface area contributed by atoms with Crippen LogP contribution in [0.4, 0.5) is 14.4 Å². The molecule has 8 atom stereocenters. The molecule has 6 aliphatic heterocycles. The van der Waals surface area contributed by atoms with Crippen molar-refractivity contribution in [2.45, 2.75) is 111 Å². The van der Waals surface area contributed by atoms with E-state index in [1.165, 1.54) is 16.7 Å². The van der Waals surface area contributed by atoms with E-state index < -0.39 is 86.0 Å². The fraction of sp³-hybridized carbons (Fsp3) is 0.579. The van der Waals surface area contributed by atoms with Crippen LogP contribution < -0.4 is 28.4 Å². The van der Waals surface area contributed by atoms with E-state index in [0.717, 1.165) is 16.7 Å². The summed E-state index contributed by atoms with van der Waals surface area (Å²) >= 11 is 0. The third-order valence-corrected chi connectivity index (χ3v) is 15.3. The molecular weight excluding hydrogens is 1060 g/mol. The van der Waals surface area contributed by atoms with Crippen LogP contribution in [0.15, 0.2) is 42.5 Å². The van der Waals surface area contributed by atoms with Crippen molar-refractivity contribution < 1.29 is 99.8 Å². The van der Waals surface area contributed by atoms with Gasteiger partial charge in [0.1, 0.15) is 17.9 Å². The molecule has 3 aromatic rings. The number of hydrogen-bond donors (Lipinski definition) is 0. The van der Waals surface area contributed by atoms with Crippen LogP contribution in [0.2, 0.25) is 0 Å². The van der Waals surface area contributed by atoms with Gasteiger partial charge in [0, 0.05) is 68.3 Å². The van der Waals surface area contributed by atoms with Crippen molar-refractivity contribution in [1.29, 1.82) is 0 Å². The van der Waals surface area contributed by atoms with Crippen LogP contribution in [0, 0.1) is 17.8 Å². The fourth-order valence-electron chi connectivity index (χ4n) is 10.8. The molecule has 81 heavy (non-hydrogen) atoms. The fourth-order valence-corrected chi connectivity index (χ4v) is 10.8. The molecule has 0 saturated carbocycles. The highest BCUT2D eigenvalue weighted by Crippen LogP contribution is 2.48. The number of benzene rings is 3. The molecule has 0 aliphatic carbocycles. The minimum absolute atomic E-state index is 0.0301. The Labute approximate surface area is 469 Å². The number of amides is 3. The van der Waals surface area contributed by atoms with Gasteiger partial charge in [-0.05, 0) is 114 Å². The Balaban J connectivity index is 0.762. The van der Waals surface area contributed by atoms with Crippen molar-refractivity contribution in [3.05, 3.63) is 70.3 Å². The third kappa shape index (κ3) is 13.5. The van der Waals surface area contributed by atoms with E-state index in [-0.39, 0.29) is 71.4 Å². The van der Waals surface area contributed by atoms with Gasteiger partial charge in [-0.25, -0.2) is 14.4 Å². The van der Waals surface area contributed by atoms with Crippen LogP contribution >= 0.6 is 0 Å². The van der Waals surface area contributed by atoms with E-state index in [0.29, 0.717) is 91.0 Å². The largest absolute Gasteiger partial charge is 0.454 e. The minimum Gasteiger partial charge on any atom is -0.454 e. The lowest BCUT2D eigenvalue weighted by Gasteiger charge is -2.36. The van der Waals surface area contributed by atoms with Gasteiger partial charge in [-0.1, -0.05) is 12.1 Å². The first-order valence-electron chi connectivity index (χ1n) is 27.5. The lowest BCUT2D eigenvalue weighted by molar-refractivity contribution is -0.188. The van der Waals surface area contributed by atoms with Gasteiger partial charge in [0.05, 0.1) is 32.3 Å². The van der Waals surface area contributed by atoms with Gasteiger partial charge in [-0.2, -0.15) is 0 Å². The summed E-state index contributed by atoms with van der Waals surface area (Å²) < 4.78 is 84.0. The van der Waals surface area contributed by atoms with Gasteiger partial charge < -0.3 is 85.8 Å². The summed E-state index contributed by atoms with van der Waals surface area (Å²) in [6.07, 6.45) is -2.27. The second-order valence-corrected chi connectivity index (χ2v) is 20.6. The van der Waals surface area contributed by atoms with Crippen LogP contribution in [-0.4, -0.2) is 162 Å². The quantitative estimate of drug-likeness (QED) is 0.0538. The van der Waals surface area contributed by atoms with Crippen molar-refractivity contribution in [2.24, 2.45) is 17.8 Å². The number of hydrogen-bond acceptors (Lipinski definition) is 21. The van der Waals surface area contributed by atoms with Crippen LogP contribution in [0.5, 0.6) is 34.5 Å². The van der Waals surface area contributed by atoms with Crippen molar-refractivity contribution in [1.82, 2.24) is 14.7 Å². The molecule has 440 valence electrons. The molecule has 3 saturated heterocycles. The Hall–Kier alpha value is -7.44.